The molecule has 90 valence electrons. The normalized spacial score (nSPS) is 24.5. The summed E-state index contributed by atoms with van der Waals surface area (Å²) in [6.07, 6.45) is 1.78. The summed E-state index contributed by atoms with van der Waals surface area (Å²) in [5, 5.41) is 9.15. The van der Waals surface area contributed by atoms with Crippen molar-refractivity contribution in [2.75, 3.05) is 18.0 Å². The first-order valence-electron chi connectivity index (χ1n) is 6.07. The third-order valence-corrected chi connectivity index (χ3v) is 3.50. The molecule has 3 heteroatoms. The maximum atomic E-state index is 9.15. The first kappa shape index (κ1) is 11.9. The van der Waals surface area contributed by atoms with Gasteiger partial charge in [-0.1, -0.05) is 18.2 Å². The minimum Gasteiger partial charge on any atom is -0.368 e. The molecule has 1 fully saturated rings. The Morgan fingerprint density at radius 1 is 1.35 bits per heavy atom. The van der Waals surface area contributed by atoms with E-state index >= 15 is 0 Å². The summed E-state index contributed by atoms with van der Waals surface area (Å²) in [5.74, 6) is 0. The number of benzene rings is 1. The summed E-state index contributed by atoms with van der Waals surface area (Å²) in [6, 6.07) is 8.55. The second kappa shape index (κ2) is 4.38. The standard InChI is InChI=1S/C14H19N3/c1-11-5-3-6-12(2)13(11)17-8-4-7-14(16,9-15)10-17/h3,5-6H,4,7-8,10,16H2,1-2H3. The highest BCUT2D eigenvalue weighted by atomic mass is 15.2. The molecule has 1 aliphatic heterocycles. The Hall–Kier alpha value is -1.53. The van der Waals surface area contributed by atoms with Crippen molar-refractivity contribution in [3.8, 4) is 6.07 Å². The van der Waals surface area contributed by atoms with Crippen molar-refractivity contribution in [3.05, 3.63) is 29.3 Å². The Balaban J connectivity index is 2.32. The lowest BCUT2D eigenvalue weighted by Crippen LogP contribution is -2.53. The molecule has 0 bridgehead atoms. The van der Waals surface area contributed by atoms with E-state index in [4.69, 9.17) is 11.0 Å². The summed E-state index contributed by atoms with van der Waals surface area (Å²) < 4.78 is 0. The van der Waals surface area contributed by atoms with E-state index in [1.165, 1.54) is 16.8 Å². The second-order valence-electron chi connectivity index (χ2n) is 5.03. The lowest BCUT2D eigenvalue weighted by Gasteiger charge is -2.38. The van der Waals surface area contributed by atoms with Crippen molar-refractivity contribution >= 4 is 5.69 Å². The van der Waals surface area contributed by atoms with E-state index in [0.717, 1.165) is 19.4 Å². The van der Waals surface area contributed by atoms with Gasteiger partial charge in [-0.15, -0.1) is 0 Å². The maximum Gasteiger partial charge on any atom is 0.121 e. The number of nitriles is 1. The molecule has 1 heterocycles. The van der Waals surface area contributed by atoms with Gasteiger partial charge in [-0.3, -0.25) is 0 Å². The van der Waals surface area contributed by atoms with Crippen LogP contribution in [0.25, 0.3) is 0 Å². The number of anilines is 1. The highest BCUT2D eigenvalue weighted by Gasteiger charge is 2.32. The Bertz CT molecular complexity index is 441. The highest BCUT2D eigenvalue weighted by molar-refractivity contribution is 5.59. The lowest BCUT2D eigenvalue weighted by molar-refractivity contribution is 0.424. The molecule has 0 spiro atoms. The first-order valence-corrected chi connectivity index (χ1v) is 6.07. The highest BCUT2D eigenvalue weighted by Crippen LogP contribution is 2.29. The number of hydrogen-bond acceptors (Lipinski definition) is 3. The smallest absolute Gasteiger partial charge is 0.121 e. The molecule has 1 aromatic rings. The van der Waals surface area contributed by atoms with Crippen LogP contribution in [0.3, 0.4) is 0 Å². The van der Waals surface area contributed by atoms with Crippen LogP contribution in [-0.2, 0) is 0 Å². The summed E-state index contributed by atoms with van der Waals surface area (Å²) in [5.41, 5.74) is 9.16. The van der Waals surface area contributed by atoms with Crippen LogP contribution in [0.4, 0.5) is 5.69 Å². The minimum atomic E-state index is -0.688. The number of para-hydroxylation sites is 1. The summed E-state index contributed by atoms with van der Waals surface area (Å²) in [7, 11) is 0. The first-order chi connectivity index (χ1) is 8.06. The van der Waals surface area contributed by atoms with Gasteiger partial charge in [-0.05, 0) is 37.8 Å². The molecule has 0 aliphatic carbocycles. The molecule has 1 unspecified atom stereocenters. The van der Waals surface area contributed by atoms with Crippen LogP contribution >= 0.6 is 0 Å². The molecule has 0 saturated carbocycles. The van der Waals surface area contributed by atoms with Gasteiger partial charge in [0, 0.05) is 18.8 Å². The molecule has 0 amide bonds. The van der Waals surface area contributed by atoms with E-state index in [9.17, 15) is 0 Å². The van der Waals surface area contributed by atoms with Gasteiger partial charge in [0.1, 0.15) is 5.54 Å². The van der Waals surface area contributed by atoms with Gasteiger partial charge in [0.05, 0.1) is 6.07 Å². The molecule has 1 aliphatic rings. The largest absolute Gasteiger partial charge is 0.368 e. The van der Waals surface area contributed by atoms with Gasteiger partial charge < -0.3 is 10.6 Å². The molecule has 1 atom stereocenters. The fourth-order valence-corrected chi connectivity index (χ4v) is 2.67. The number of aryl methyl sites for hydroxylation is 2. The van der Waals surface area contributed by atoms with Crippen molar-refractivity contribution in [1.82, 2.24) is 0 Å². The second-order valence-corrected chi connectivity index (χ2v) is 5.03. The van der Waals surface area contributed by atoms with E-state index in [-0.39, 0.29) is 0 Å². The van der Waals surface area contributed by atoms with Crippen LogP contribution in [0.15, 0.2) is 18.2 Å². The SMILES string of the molecule is Cc1cccc(C)c1N1CCCC(N)(C#N)C1. The number of nitrogens with zero attached hydrogens (tertiary/aromatic N) is 2. The van der Waals surface area contributed by atoms with Gasteiger partial charge in [0.25, 0.3) is 0 Å². The van der Waals surface area contributed by atoms with E-state index < -0.39 is 5.54 Å². The molecular weight excluding hydrogens is 210 g/mol. The molecule has 17 heavy (non-hydrogen) atoms. The number of rotatable bonds is 1. The third kappa shape index (κ3) is 2.27. The molecule has 1 aromatic carbocycles. The van der Waals surface area contributed by atoms with Gasteiger partial charge in [-0.2, -0.15) is 5.26 Å². The van der Waals surface area contributed by atoms with Gasteiger partial charge in [-0.25, -0.2) is 0 Å². The summed E-state index contributed by atoms with van der Waals surface area (Å²) in [4.78, 5) is 2.26. The molecule has 2 rings (SSSR count). The Kier molecular flexibility index (Phi) is 3.08. The molecular formula is C14H19N3. The maximum absolute atomic E-state index is 9.15. The average Bonchev–Trinajstić information content (AvgIpc) is 2.29. The molecule has 3 nitrogen and oxygen atoms in total. The van der Waals surface area contributed by atoms with Gasteiger partial charge >= 0.3 is 0 Å². The monoisotopic (exact) mass is 229 g/mol. The van der Waals surface area contributed by atoms with Crippen LogP contribution in [0.1, 0.15) is 24.0 Å². The molecule has 0 aromatic heterocycles. The van der Waals surface area contributed by atoms with Gasteiger partial charge in [0.2, 0.25) is 0 Å². The number of nitrogens with two attached hydrogens (primary N) is 1. The van der Waals surface area contributed by atoms with Gasteiger partial charge in [0.15, 0.2) is 0 Å². The third-order valence-electron chi connectivity index (χ3n) is 3.50. The Morgan fingerprint density at radius 2 is 2.00 bits per heavy atom. The fourth-order valence-electron chi connectivity index (χ4n) is 2.67. The van der Waals surface area contributed by atoms with E-state index in [1.807, 2.05) is 0 Å². The van der Waals surface area contributed by atoms with Crippen LogP contribution in [0.5, 0.6) is 0 Å². The molecule has 2 N–H and O–H groups in total. The van der Waals surface area contributed by atoms with Crippen LogP contribution in [-0.4, -0.2) is 18.6 Å². The van der Waals surface area contributed by atoms with E-state index in [2.05, 4.69) is 43.0 Å². The zero-order valence-electron chi connectivity index (χ0n) is 10.5. The predicted octanol–water partition coefficient (Wildman–Crippen LogP) is 2.12. The van der Waals surface area contributed by atoms with Crippen molar-refractivity contribution in [2.45, 2.75) is 32.2 Å². The predicted molar refractivity (Wildman–Crippen MR) is 69.9 cm³/mol. The zero-order valence-corrected chi connectivity index (χ0v) is 10.5. The Morgan fingerprint density at radius 3 is 2.59 bits per heavy atom. The van der Waals surface area contributed by atoms with Crippen LogP contribution < -0.4 is 10.6 Å². The average molecular weight is 229 g/mol. The van der Waals surface area contributed by atoms with Crippen LogP contribution in [0, 0.1) is 25.2 Å². The number of piperidine rings is 1. The zero-order chi connectivity index (χ0) is 12.5. The van der Waals surface area contributed by atoms with E-state index in [0.29, 0.717) is 6.54 Å². The van der Waals surface area contributed by atoms with E-state index in [1.54, 1.807) is 0 Å². The van der Waals surface area contributed by atoms with Crippen LogP contribution in [0.2, 0.25) is 0 Å². The quantitative estimate of drug-likeness (QED) is 0.802. The van der Waals surface area contributed by atoms with Crippen molar-refractivity contribution in [2.24, 2.45) is 5.73 Å². The minimum absolute atomic E-state index is 0.634. The summed E-state index contributed by atoms with van der Waals surface area (Å²) >= 11 is 0. The topological polar surface area (TPSA) is 53.0 Å². The number of hydrogen-bond donors (Lipinski definition) is 1. The Labute approximate surface area is 103 Å². The van der Waals surface area contributed by atoms with Crippen molar-refractivity contribution < 1.29 is 0 Å². The van der Waals surface area contributed by atoms with Crippen molar-refractivity contribution in [3.63, 3.8) is 0 Å². The lowest BCUT2D eigenvalue weighted by atomic mass is 9.90. The van der Waals surface area contributed by atoms with Crippen molar-refractivity contribution in [1.29, 1.82) is 5.26 Å². The molecule has 0 radical (unpaired) electrons. The summed E-state index contributed by atoms with van der Waals surface area (Å²) in [6.45, 7) is 5.85. The molecule has 1 saturated heterocycles. The fraction of sp³-hybridized carbons (Fsp3) is 0.500.